The highest BCUT2D eigenvalue weighted by molar-refractivity contribution is 6.14. The fraction of sp³-hybridized carbons (Fsp3) is 0.278. The fourth-order valence-electron chi connectivity index (χ4n) is 3.64. The van der Waals surface area contributed by atoms with E-state index >= 15 is 0 Å². The first-order valence-electron chi connectivity index (χ1n) is 7.64. The first-order valence-corrected chi connectivity index (χ1v) is 7.64. The van der Waals surface area contributed by atoms with Crippen LogP contribution in [0.1, 0.15) is 51.5 Å². The number of rotatable bonds is 2. The molecule has 0 bridgehead atoms. The quantitative estimate of drug-likeness (QED) is 0.787. The summed E-state index contributed by atoms with van der Waals surface area (Å²) in [6.45, 7) is 3.61. The van der Waals surface area contributed by atoms with E-state index in [4.69, 9.17) is 13.9 Å². The third-order valence-corrected chi connectivity index (χ3v) is 4.72. The molecule has 2 atom stereocenters. The van der Waals surface area contributed by atoms with Gasteiger partial charge in [-0.3, -0.25) is 4.79 Å². The van der Waals surface area contributed by atoms with Gasteiger partial charge in [0.05, 0.1) is 12.0 Å². The average molecular weight is 326 g/mol. The normalized spacial score (nSPS) is 24.0. The second-order valence-electron chi connectivity index (χ2n) is 5.97. The maximum absolute atomic E-state index is 12.7. The van der Waals surface area contributed by atoms with E-state index in [-0.39, 0.29) is 23.7 Å². The van der Waals surface area contributed by atoms with Crippen molar-refractivity contribution < 1.29 is 28.3 Å². The first kappa shape index (κ1) is 14.7. The van der Waals surface area contributed by atoms with Gasteiger partial charge in [-0.25, -0.2) is 9.59 Å². The number of fused-ring (bicyclic) bond motifs is 2. The molecule has 2 heterocycles. The fourth-order valence-corrected chi connectivity index (χ4v) is 3.64. The number of ether oxygens (including phenoxy) is 2. The third-order valence-electron chi connectivity index (χ3n) is 4.72. The van der Waals surface area contributed by atoms with E-state index in [1.807, 2.05) is 0 Å². The van der Waals surface area contributed by atoms with Gasteiger partial charge < -0.3 is 13.9 Å². The van der Waals surface area contributed by atoms with Crippen molar-refractivity contribution in [3.8, 4) is 0 Å². The zero-order chi connectivity index (χ0) is 17.1. The van der Waals surface area contributed by atoms with Crippen LogP contribution < -0.4 is 0 Å². The molecule has 0 N–H and O–H groups in total. The third kappa shape index (κ3) is 1.62. The van der Waals surface area contributed by atoms with E-state index in [0.717, 1.165) is 0 Å². The SMILES string of the molecule is CCOC(=O)[C@H]1OC(=O)c2coc3c2[C@@]1(C)c1ccccc1C3=O. The molecule has 2 aromatic rings. The predicted molar refractivity (Wildman–Crippen MR) is 80.9 cm³/mol. The molecular formula is C18H14O6. The number of hydrogen-bond donors (Lipinski definition) is 0. The number of benzene rings is 1. The van der Waals surface area contributed by atoms with E-state index in [1.165, 1.54) is 6.26 Å². The molecule has 1 aliphatic carbocycles. The monoisotopic (exact) mass is 326 g/mol. The summed E-state index contributed by atoms with van der Waals surface area (Å²) < 4.78 is 15.9. The summed E-state index contributed by atoms with van der Waals surface area (Å²) in [5, 5.41) is 0. The van der Waals surface area contributed by atoms with Crippen molar-refractivity contribution in [2.24, 2.45) is 0 Å². The van der Waals surface area contributed by atoms with Crippen LogP contribution in [-0.4, -0.2) is 30.4 Å². The van der Waals surface area contributed by atoms with Crippen LogP contribution >= 0.6 is 0 Å². The summed E-state index contributed by atoms with van der Waals surface area (Å²) in [4.78, 5) is 37.4. The van der Waals surface area contributed by atoms with Crippen molar-refractivity contribution in [2.75, 3.05) is 6.61 Å². The van der Waals surface area contributed by atoms with Crippen molar-refractivity contribution in [3.63, 3.8) is 0 Å². The molecule has 0 fully saturated rings. The standard InChI is InChI=1S/C18H14O6/c1-3-22-17(21)15-18(2)11-7-5-4-6-9(11)13(19)14-12(18)10(8-23-14)16(20)24-15/h4-8,15H,3H2,1-2H3/t15-,18-/m1/s1. The number of esters is 2. The van der Waals surface area contributed by atoms with Gasteiger partial charge in [-0.05, 0) is 19.4 Å². The van der Waals surface area contributed by atoms with Crippen molar-refractivity contribution in [3.05, 3.63) is 58.5 Å². The Kier molecular flexibility index (Phi) is 2.94. The Morgan fingerprint density at radius 2 is 2.00 bits per heavy atom. The number of carbonyl (C=O) groups excluding carboxylic acids is 3. The van der Waals surface area contributed by atoms with Crippen LogP contribution in [0.5, 0.6) is 0 Å². The van der Waals surface area contributed by atoms with Crippen molar-refractivity contribution in [2.45, 2.75) is 25.4 Å². The van der Waals surface area contributed by atoms with Crippen molar-refractivity contribution in [1.29, 1.82) is 0 Å². The van der Waals surface area contributed by atoms with E-state index in [2.05, 4.69) is 0 Å². The van der Waals surface area contributed by atoms with Crippen LogP contribution in [0.15, 0.2) is 34.9 Å². The van der Waals surface area contributed by atoms with Crippen LogP contribution in [-0.2, 0) is 19.7 Å². The van der Waals surface area contributed by atoms with Gasteiger partial charge in [0, 0.05) is 11.1 Å². The Morgan fingerprint density at radius 3 is 2.75 bits per heavy atom. The highest BCUT2D eigenvalue weighted by Crippen LogP contribution is 2.49. The van der Waals surface area contributed by atoms with Gasteiger partial charge in [0.15, 0.2) is 5.76 Å². The zero-order valence-electron chi connectivity index (χ0n) is 13.1. The Balaban J connectivity index is 2.04. The van der Waals surface area contributed by atoms with Crippen LogP contribution in [0.2, 0.25) is 0 Å². The summed E-state index contributed by atoms with van der Waals surface area (Å²) in [6.07, 6.45) is 0.0409. The van der Waals surface area contributed by atoms with Gasteiger partial charge in [-0.15, -0.1) is 0 Å². The largest absolute Gasteiger partial charge is 0.463 e. The second-order valence-corrected chi connectivity index (χ2v) is 5.97. The van der Waals surface area contributed by atoms with Gasteiger partial charge in [0.25, 0.3) is 0 Å². The van der Waals surface area contributed by atoms with Gasteiger partial charge in [-0.1, -0.05) is 24.3 Å². The zero-order valence-corrected chi connectivity index (χ0v) is 13.1. The van der Waals surface area contributed by atoms with E-state index in [9.17, 15) is 14.4 Å². The Hall–Kier alpha value is -2.89. The smallest absolute Gasteiger partial charge is 0.348 e. The molecule has 0 spiro atoms. The van der Waals surface area contributed by atoms with Crippen LogP contribution in [0.4, 0.5) is 0 Å². The van der Waals surface area contributed by atoms with E-state index < -0.39 is 23.5 Å². The van der Waals surface area contributed by atoms with Gasteiger partial charge in [-0.2, -0.15) is 0 Å². The highest BCUT2D eigenvalue weighted by Gasteiger charge is 2.57. The molecule has 0 radical (unpaired) electrons. The van der Waals surface area contributed by atoms with E-state index in [0.29, 0.717) is 16.7 Å². The minimum Gasteiger partial charge on any atom is -0.463 e. The Bertz CT molecular complexity index is 893. The summed E-state index contributed by atoms with van der Waals surface area (Å²) >= 11 is 0. The van der Waals surface area contributed by atoms with E-state index in [1.54, 1.807) is 38.1 Å². The Labute approximate surface area is 137 Å². The summed E-state index contributed by atoms with van der Waals surface area (Å²) in [7, 11) is 0. The molecule has 6 heteroatoms. The molecule has 0 saturated heterocycles. The lowest BCUT2D eigenvalue weighted by atomic mass is 9.64. The average Bonchev–Trinajstić information content (AvgIpc) is 3.03. The summed E-state index contributed by atoms with van der Waals surface area (Å²) in [5.41, 5.74) is 0.593. The van der Waals surface area contributed by atoms with Gasteiger partial charge in [0.2, 0.25) is 11.9 Å². The number of ketones is 1. The molecule has 0 amide bonds. The van der Waals surface area contributed by atoms with Gasteiger partial charge >= 0.3 is 11.9 Å². The predicted octanol–water partition coefficient (Wildman–Crippen LogP) is 2.23. The maximum atomic E-state index is 12.7. The molecule has 0 unspecified atom stereocenters. The molecule has 1 aliphatic heterocycles. The van der Waals surface area contributed by atoms with Crippen LogP contribution in [0.3, 0.4) is 0 Å². The lowest BCUT2D eigenvalue weighted by Gasteiger charge is -2.42. The van der Waals surface area contributed by atoms with Crippen molar-refractivity contribution in [1.82, 2.24) is 0 Å². The first-order chi connectivity index (χ1) is 11.5. The summed E-state index contributed by atoms with van der Waals surface area (Å²) in [6, 6.07) is 6.95. The molecule has 1 aromatic heterocycles. The lowest BCUT2D eigenvalue weighted by molar-refractivity contribution is -0.157. The number of furan rings is 1. The molecular weight excluding hydrogens is 312 g/mol. The number of carbonyl (C=O) groups is 3. The molecule has 1 aromatic carbocycles. The summed E-state index contributed by atoms with van der Waals surface area (Å²) in [5.74, 6) is -1.56. The molecule has 2 aliphatic rings. The molecule has 4 rings (SSSR count). The maximum Gasteiger partial charge on any atom is 0.348 e. The molecule has 122 valence electrons. The second kappa shape index (κ2) is 4.80. The highest BCUT2D eigenvalue weighted by atomic mass is 16.6. The van der Waals surface area contributed by atoms with Crippen LogP contribution in [0.25, 0.3) is 0 Å². The number of cyclic esters (lactones) is 1. The lowest BCUT2D eigenvalue weighted by Crippen LogP contribution is -2.53. The van der Waals surface area contributed by atoms with Crippen LogP contribution in [0, 0.1) is 0 Å². The minimum atomic E-state index is -1.18. The molecule has 0 saturated carbocycles. The minimum absolute atomic E-state index is 0.0807. The molecule has 24 heavy (non-hydrogen) atoms. The topological polar surface area (TPSA) is 82.8 Å². The number of hydrogen-bond acceptors (Lipinski definition) is 6. The van der Waals surface area contributed by atoms with Crippen molar-refractivity contribution >= 4 is 17.7 Å². The van der Waals surface area contributed by atoms with Gasteiger partial charge in [0.1, 0.15) is 11.8 Å². The molecule has 6 nitrogen and oxygen atoms in total. The Morgan fingerprint density at radius 1 is 1.25 bits per heavy atom.